The molecule has 0 aromatic heterocycles. The van der Waals surface area contributed by atoms with Gasteiger partial charge in [0.2, 0.25) is 0 Å². The van der Waals surface area contributed by atoms with Gasteiger partial charge in [0.15, 0.2) is 0 Å². The number of benzene rings is 1. The van der Waals surface area contributed by atoms with Gasteiger partial charge in [0.1, 0.15) is 12.6 Å². The van der Waals surface area contributed by atoms with E-state index in [4.69, 9.17) is 13.7 Å². The maximum absolute atomic E-state index is 12.6. The van der Waals surface area contributed by atoms with Gasteiger partial charge < -0.3 is 13.7 Å². The molecule has 2 aliphatic rings. The highest BCUT2D eigenvalue weighted by molar-refractivity contribution is 7.75. The molecular formula is C20H27NO5S. The van der Waals surface area contributed by atoms with E-state index >= 15 is 0 Å². The minimum atomic E-state index is -0.593. The fraction of sp³-hybridized carbons (Fsp3) is 0.500. The zero-order chi connectivity index (χ0) is 19.9. The SMILES string of the molecule is C=C.CCOC(=O)C1CC2(CC(OS)C2)CN1C(=O)OCc1ccccc1. The normalized spacial score (nSPS) is 25.9. The van der Waals surface area contributed by atoms with Gasteiger partial charge in [-0.2, -0.15) is 0 Å². The predicted octanol–water partition coefficient (Wildman–Crippen LogP) is 3.77. The molecule has 1 amide bonds. The van der Waals surface area contributed by atoms with Crippen LogP contribution in [-0.4, -0.2) is 42.3 Å². The number of ether oxygens (including phenoxy) is 2. The molecule has 3 rings (SSSR count). The molecular weight excluding hydrogens is 366 g/mol. The van der Waals surface area contributed by atoms with Crippen LogP contribution in [0, 0.1) is 5.41 Å². The first kappa shape index (κ1) is 21.3. The zero-order valence-electron chi connectivity index (χ0n) is 15.6. The maximum Gasteiger partial charge on any atom is 0.410 e. The molecule has 1 aliphatic carbocycles. The lowest BCUT2D eigenvalue weighted by Crippen LogP contribution is -2.44. The molecule has 1 spiro atoms. The van der Waals surface area contributed by atoms with Crippen LogP contribution in [0.15, 0.2) is 43.5 Å². The van der Waals surface area contributed by atoms with Crippen LogP contribution >= 0.6 is 12.9 Å². The Morgan fingerprint density at radius 2 is 1.85 bits per heavy atom. The monoisotopic (exact) mass is 393 g/mol. The Bertz CT molecular complexity index is 633. The molecule has 0 N–H and O–H groups in total. The molecule has 1 saturated carbocycles. The molecule has 1 aromatic carbocycles. The topological polar surface area (TPSA) is 65.1 Å². The summed E-state index contributed by atoms with van der Waals surface area (Å²) in [5.74, 6) is -0.369. The van der Waals surface area contributed by atoms with Crippen molar-refractivity contribution in [2.75, 3.05) is 13.2 Å². The van der Waals surface area contributed by atoms with Gasteiger partial charge in [-0.15, -0.1) is 13.2 Å². The van der Waals surface area contributed by atoms with Crippen molar-refractivity contribution < 1.29 is 23.2 Å². The molecule has 2 fully saturated rings. The highest BCUT2D eigenvalue weighted by Gasteiger charge is 2.56. The van der Waals surface area contributed by atoms with Crippen LogP contribution in [0.3, 0.4) is 0 Å². The molecule has 0 radical (unpaired) electrons. The quantitative estimate of drug-likeness (QED) is 0.357. The highest BCUT2D eigenvalue weighted by Crippen LogP contribution is 2.52. The molecule has 1 unspecified atom stereocenters. The second-order valence-corrected chi connectivity index (χ2v) is 6.99. The van der Waals surface area contributed by atoms with Crippen molar-refractivity contribution in [1.82, 2.24) is 4.90 Å². The maximum atomic E-state index is 12.6. The minimum Gasteiger partial charge on any atom is -0.464 e. The molecule has 6 nitrogen and oxygen atoms in total. The third kappa shape index (κ3) is 5.05. The van der Waals surface area contributed by atoms with Gasteiger partial charge in [-0.1, -0.05) is 30.3 Å². The largest absolute Gasteiger partial charge is 0.464 e. The summed E-state index contributed by atoms with van der Waals surface area (Å²) in [7, 11) is 0. The molecule has 0 bridgehead atoms. The number of likely N-dealkylation sites (tertiary alicyclic amines) is 1. The summed E-state index contributed by atoms with van der Waals surface area (Å²) in [4.78, 5) is 26.4. The summed E-state index contributed by atoms with van der Waals surface area (Å²) in [6.45, 7) is 8.71. The van der Waals surface area contributed by atoms with E-state index in [9.17, 15) is 9.59 Å². The van der Waals surface area contributed by atoms with Crippen LogP contribution in [0.1, 0.15) is 31.7 Å². The van der Waals surface area contributed by atoms with E-state index < -0.39 is 12.1 Å². The number of carbonyl (C=O) groups excluding carboxylic acids is 2. The van der Waals surface area contributed by atoms with E-state index in [1.54, 1.807) is 6.92 Å². The Labute approximate surface area is 166 Å². The summed E-state index contributed by atoms with van der Waals surface area (Å²) >= 11 is 3.86. The lowest BCUT2D eigenvalue weighted by atomic mass is 9.65. The molecule has 27 heavy (non-hydrogen) atoms. The van der Waals surface area contributed by atoms with E-state index in [2.05, 4.69) is 26.1 Å². The first-order valence-electron chi connectivity index (χ1n) is 9.01. The van der Waals surface area contributed by atoms with Crippen molar-refractivity contribution in [3.63, 3.8) is 0 Å². The van der Waals surface area contributed by atoms with Crippen LogP contribution < -0.4 is 0 Å². The van der Waals surface area contributed by atoms with Gasteiger partial charge in [0.25, 0.3) is 0 Å². The summed E-state index contributed by atoms with van der Waals surface area (Å²) in [5, 5.41) is 0. The van der Waals surface area contributed by atoms with E-state index in [0.717, 1.165) is 18.4 Å². The number of nitrogens with zero attached hydrogens (tertiary/aromatic N) is 1. The predicted molar refractivity (Wildman–Crippen MR) is 105 cm³/mol. The third-order valence-electron chi connectivity index (χ3n) is 4.98. The Morgan fingerprint density at radius 3 is 2.44 bits per heavy atom. The van der Waals surface area contributed by atoms with Crippen molar-refractivity contribution in [1.29, 1.82) is 0 Å². The molecule has 1 atom stereocenters. The lowest BCUT2D eigenvalue weighted by Gasteiger charge is -2.43. The van der Waals surface area contributed by atoms with Crippen molar-refractivity contribution >= 4 is 25.0 Å². The van der Waals surface area contributed by atoms with Crippen LogP contribution in [0.5, 0.6) is 0 Å². The smallest absolute Gasteiger partial charge is 0.410 e. The van der Waals surface area contributed by atoms with Crippen LogP contribution in [0.4, 0.5) is 4.79 Å². The Balaban J connectivity index is 0.00000126. The number of esters is 1. The average Bonchev–Trinajstić information content (AvgIpc) is 3.09. The second-order valence-electron chi connectivity index (χ2n) is 6.78. The van der Waals surface area contributed by atoms with Crippen molar-refractivity contribution in [2.24, 2.45) is 5.41 Å². The number of hydrogen-bond donors (Lipinski definition) is 1. The van der Waals surface area contributed by atoms with Crippen molar-refractivity contribution in [3.05, 3.63) is 49.1 Å². The number of rotatable bonds is 5. The first-order chi connectivity index (χ1) is 13.1. The van der Waals surface area contributed by atoms with E-state index in [0.29, 0.717) is 13.0 Å². The summed E-state index contributed by atoms with van der Waals surface area (Å²) in [5.41, 5.74) is 0.806. The van der Waals surface area contributed by atoms with Crippen LogP contribution in [0.25, 0.3) is 0 Å². The van der Waals surface area contributed by atoms with Crippen molar-refractivity contribution in [2.45, 2.75) is 44.9 Å². The van der Waals surface area contributed by atoms with Gasteiger partial charge in [-0.25, -0.2) is 9.59 Å². The van der Waals surface area contributed by atoms with Gasteiger partial charge >= 0.3 is 12.1 Å². The number of carbonyl (C=O) groups is 2. The summed E-state index contributed by atoms with van der Waals surface area (Å²) in [6.07, 6.45) is 1.75. The summed E-state index contributed by atoms with van der Waals surface area (Å²) in [6, 6.07) is 8.87. The van der Waals surface area contributed by atoms with Gasteiger partial charge in [0.05, 0.1) is 12.7 Å². The van der Waals surface area contributed by atoms with Gasteiger partial charge in [-0.3, -0.25) is 4.90 Å². The number of amides is 1. The Morgan fingerprint density at radius 1 is 1.19 bits per heavy atom. The summed E-state index contributed by atoms with van der Waals surface area (Å²) < 4.78 is 15.6. The fourth-order valence-electron chi connectivity index (χ4n) is 3.78. The van der Waals surface area contributed by atoms with E-state index in [1.165, 1.54) is 4.90 Å². The molecule has 1 saturated heterocycles. The highest BCUT2D eigenvalue weighted by atomic mass is 32.1. The van der Waals surface area contributed by atoms with Gasteiger partial charge in [-0.05, 0) is 50.1 Å². The number of thiol groups is 1. The zero-order valence-corrected chi connectivity index (χ0v) is 16.5. The third-order valence-corrected chi connectivity index (χ3v) is 5.28. The van der Waals surface area contributed by atoms with Gasteiger partial charge in [0, 0.05) is 6.54 Å². The lowest BCUT2D eigenvalue weighted by molar-refractivity contribution is -0.148. The first-order valence-corrected chi connectivity index (χ1v) is 9.37. The molecule has 1 heterocycles. The van der Waals surface area contributed by atoms with Crippen LogP contribution in [0.2, 0.25) is 0 Å². The Hall–Kier alpha value is -1.99. The standard InChI is InChI=1S/C18H23NO5S.C2H4/c1-2-22-16(20)15-10-18(8-14(9-18)24-25)12-19(15)17(21)23-11-13-6-4-3-5-7-13;1-2/h3-7,14-15,25H,2,8-12H2,1H3;1-2H2. The van der Waals surface area contributed by atoms with E-state index in [-0.39, 0.29) is 30.7 Å². The fourth-order valence-corrected chi connectivity index (χ4v) is 3.92. The van der Waals surface area contributed by atoms with Crippen LogP contribution in [-0.2, 0) is 25.1 Å². The molecule has 7 heteroatoms. The molecule has 1 aromatic rings. The molecule has 148 valence electrons. The second kappa shape index (κ2) is 9.80. The Kier molecular flexibility index (Phi) is 7.74. The minimum absolute atomic E-state index is 0.0754. The average molecular weight is 394 g/mol. The molecule has 1 aliphatic heterocycles. The van der Waals surface area contributed by atoms with E-state index in [1.807, 2.05) is 30.3 Å². The number of hydrogen-bond acceptors (Lipinski definition) is 6. The van der Waals surface area contributed by atoms with Crippen molar-refractivity contribution in [3.8, 4) is 0 Å².